The highest BCUT2D eigenvalue weighted by atomic mass is 32.2. The normalized spacial score (nSPS) is 15.7. The average Bonchev–Trinajstić information content (AvgIpc) is 3.14. The van der Waals surface area contributed by atoms with E-state index < -0.39 is 0 Å². The fourth-order valence-electron chi connectivity index (χ4n) is 2.18. The fraction of sp³-hybridized carbons (Fsp3) is 0.444. The molecule has 2 heterocycles. The summed E-state index contributed by atoms with van der Waals surface area (Å²) in [4.78, 5) is 16.7. The molecule has 0 amide bonds. The molecule has 2 rings (SSSR count). The molecule has 1 aromatic heterocycles. The lowest BCUT2D eigenvalue weighted by atomic mass is 10.1. The molecule has 0 atom stereocenters. The van der Waals surface area contributed by atoms with Gasteiger partial charge in [-0.3, -0.25) is 4.98 Å². The predicted molar refractivity (Wildman–Crippen MR) is 103 cm³/mol. The summed E-state index contributed by atoms with van der Waals surface area (Å²) in [5, 5.41) is 0. The Morgan fingerprint density at radius 1 is 1.44 bits per heavy atom. The van der Waals surface area contributed by atoms with Crippen LogP contribution in [0.3, 0.4) is 0 Å². The van der Waals surface area contributed by atoms with Crippen molar-refractivity contribution >= 4 is 35.1 Å². The van der Waals surface area contributed by atoms with Crippen LogP contribution in [0.5, 0.6) is 0 Å². The van der Waals surface area contributed by atoms with Crippen molar-refractivity contribution < 1.29 is 19.0 Å². The molecular formula is C18H23NO4S2. The van der Waals surface area contributed by atoms with Crippen molar-refractivity contribution in [3.8, 4) is 0 Å². The zero-order chi connectivity index (χ0) is 17.9. The molecule has 0 spiro atoms. The maximum atomic E-state index is 12.6. The molecule has 0 bridgehead atoms. The van der Waals surface area contributed by atoms with Crippen LogP contribution >= 0.6 is 23.5 Å². The molecular weight excluding hydrogens is 358 g/mol. The van der Waals surface area contributed by atoms with Crippen LogP contribution in [0.4, 0.5) is 0 Å². The number of hydrogen-bond donors (Lipinski definition) is 0. The largest absolute Gasteiger partial charge is 0.462 e. The Labute approximate surface area is 157 Å². The molecule has 0 radical (unpaired) electrons. The molecule has 136 valence electrons. The third-order valence-corrected chi connectivity index (χ3v) is 5.73. The van der Waals surface area contributed by atoms with Gasteiger partial charge in [-0.25, -0.2) is 4.79 Å². The first-order valence-electron chi connectivity index (χ1n) is 8.17. The highest BCUT2D eigenvalue weighted by Gasteiger charge is 2.21. The number of carbonyl (C=O) groups excluding carboxylic acids is 1. The third kappa shape index (κ3) is 6.51. The van der Waals surface area contributed by atoms with Gasteiger partial charge in [0.1, 0.15) is 0 Å². The zero-order valence-electron chi connectivity index (χ0n) is 14.3. The summed E-state index contributed by atoms with van der Waals surface area (Å²) < 4.78 is 17.1. The van der Waals surface area contributed by atoms with Gasteiger partial charge >= 0.3 is 5.97 Å². The SMILES string of the molecule is C=CCSC(SCCC1OCCO1)=C(C(=O)OCC)c1cccnc1. The van der Waals surface area contributed by atoms with E-state index in [0.717, 1.165) is 22.0 Å². The Balaban J connectivity index is 2.20. The summed E-state index contributed by atoms with van der Waals surface area (Å²) in [5.74, 6) is 1.16. The van der Waals surface area contributed by atoms with Crippen LogP contribution in [0.25, 0.3) is 5.57 Å². The second kappa shape index (κ2) is 11.4. The van der Waals surface area contributed by atoms with E-state index in [-0.39, 0.29) is 12.3 Å². The number of pyridine rings is 1. The Morgan fingerprint density at radius 2 is 2.24 bits per heavy atom. The summed E-state index contributed by atoms with van der Waals surface area (Å²) >= 11 is 3.19. The maximum Gasteiger partial charge on any atom is 0.340 e. The second-order valence-electron chi connectivity index (χ2n) is 5.03. The van der Waals surface area contributed by atoms with Crippen LogP contribution in [0, 0.1) is 0 Å². The molecule has 0 N–H and O–H groups in total. The average molecular weight is 382 g/mol. The molecule has 0 unspecified atom stereocenters. The lowest BCUT2D eigenvalue weighted by Gasteiger charge is -2.14. The van der Waals surface area contributed by atoms with Gasteiger partial charge in [0.2, 0.25) is 0 Å². The Hall–Kier alpha value is -1.28. The smallest absolute Gasteiger partial charge is 0.340 e. The van der Waals surface area contributed by atoms with Gasteiger partial charge in [0.05, 0.1) is 29.6 Å². The van der Waals surface area contributed by atoms with Crippen molar-refractivity contribution in [2.45, 2.75) is 19.6 Å². The topological polar surface area (TPSA) is 57.7 Å². The molecule has 7 heteroatoms. The number of hydrogen-bond acceptors (Lipinski definition) is 7. The minimum absolute atomic E-state index is 0.150. The van der Waals surface area contributed by atoms with Crippen molar-refractivity contribution in [3.63, 3.8) is 0 Å². The van der Waals surface area contributed by atoms with E-state index in [1.807, 2.05) is 18.2 Å². The van der Waals surface area contributed by atoms with Crippen LogP contribution < -0.4 is 0 Å². The molecule has 1 saturated heterocycles. The Kier molecular flexibility index (Phi) is 9.10. The molecule has 1 aliphatic rings. The highest BCUT2D eigenvalue weighted by Crippen LogP contribution is 2.37. The van der Waals surface area contributed by atoms with Crippen molar-refractivity contribution in [1.82, 2.24) is 4.98 Å². The summed E-state index contributed by atoms with van der Waals surface area (Å²) in [7, 11) is 0. The van der Waals surface area contributed by atoms with Crippen molar-refractivity contribution in [2.75, 3.05) is 31.3 Å². The van der Waals surface area contributed by atoms with Crippen LogP contribution in [0.15, 0.2) is 41.4 Å². The molecule has 1 fully saturated rings. The quantitative estimate of drug-likeness (QED) is 0.348. The summed E-state index contributed by atoms with van der Waals surface area (Å²) in [5.41, 5.74) is 1.31. The van der Waals surface area contributed by atoms with Gasteiger partial charge in [-0.05, 0) is 13.0 Å². The van der Waals surface area contributed by atoms with Gasteiger partial charge in [-0.1, -0.05) is 12.1 Å². The van der Waals surface area contributed by atoms with E-state index in [2.05, 4.69) is 11.6 Å². The predicted octanol–water partition coefficient (Wildman–Crippen LogP) is 3.73. The number of carbonyl (C=O) groups is 1. The molecule has 0 aromatic carbocycles. The first-order chi connectivity index (χ1) is 12.3. The minimum atomic E-state index is -0.331. The van der Waals surface area contributed by atoms with Gasteiger partial charge in [-0.15, -0.1) is 30.1 Å². The number of ether oxygens (including phenoxy) is 3. The molecule has 5 nitrogen and oxygen atoms in total. The van der Waals surface area contributed by atoms with E-state index in [0.29, 0.717) is 31.1 Å². The first-order valence-corrected chi connectivity index (χ1v) is 10.1. The molecule has 25 heavy (non-hydrogen) atoms. The minimum Gasteiger partial charge on any atom is -0.462 e. The fourth-order valence-corrected chi connectivity index (χ4v) is 4.42. The molecule has 1 aromatic rings. The summed E-state index contributed by atoms with van der Waals surface area (Å²) in [6.45, 7) is 7.19. The third-order valence-electron chi connectivity index (χ3n) is 3.24. The summed E-state index contributed by atoms with van der Waals surface area (Å²) in [6.07, 6.45) is 5.81. The summed E-state index contributed by atoms with van der Waals surface area (Å²) in [6, 6.07) is 3.69. The first kappa shape index (κ1) is 20.0. The van der Waals surface area contributed by atoms with Crippen LogP contribution in [-0.2, 0) is 19.0 Å². The Morgan fingerprint density at radius 3 is 2.88 bits per heavy atom. The van der Waals surface area contributed by atoms with Gasteiger partial charge in [-0.2, -0.15) is 0 Å². The van der Waals surface area contributed by atoms with E-state index in [1.54, 1.807) is 42.8 Å². The van der Waals surface area contributed by atoms with Crippen molar-refractivity contribution in [1.29, 1.82) is 0 Å². The monoisotopic (exact) mass is 381 g/mol. The number of rotatable bonds is 10. The molecule has 1 aliphatic heterocycles. The van der Waals surface area contributed by atoms with E-state index in [4.69, 9.17) is 14.2 Å². The molecule has 0 aliphatic carbocycles. The van der Waals surface area contributed by atoms with E-state index >= 15 is 0 Å². The zero-order valence-corrected chi connectivity index (χ0v) is 15.9. The van der Waals surface area contributed by atoms with Gasteiger partial charge in [0.25, 0.3) is 0 Å². The van der Waals surface area contributed by atoms with Gasteiger partial charge < -0.3 is 14.2 Å². The van der Waals surface area contributed by atoms with Crippen LogP contribution in [0.2, 0.25) is 0 Å². The van der Waals surface area contributed by atoms with Crippen molar-refractivity contribution in [3.05, 3.63) is 47.0 Å². The number of thioether (sulfide) groups is 2. The van der Waals surface area contributed by atoms with Gasteiger partial charge in [0.15, 0.2) is 6.29 Å². The maximum absolute atomic E-state index is 12.6. The molecule has 0 saturated carbocycles. The highest BCUT2D eigenvalue weighted by molar-refractivity contribution is 8.22. The van der Waals surface area contributed by atoms with Gasteiger partial charge in [0, 0.05) is 35.9 Å². The lowest BCUT2D eigenvalue weighted by Crippen LogP contribution is -2.10. The number of nitrogens with zero attached hydrogens (tertiary/aromatic N) is 1. The van der Waals surface area contributed by atoms with Crippen molar-refractivity contribution in [2.24, 2.45) is 0 Å². The standard InChI is InChI=1S/C18H23NO4S2/c1-3-11-24-18(25-12-7-15-22-9-10-23-15)16(17(20)21-4-2)14-6-5-8-19-13-14/h3,5-6,8,13,15H,1,4,7,9-12H2,2H3. The van der Waals surface area contributed by atoms with Crippen LogP contribution in [0.1, 0.15) is 18.9 Å². The van der Waals surface area contributed by atoms with E-state index in [9.17, 15) is 4.79 Å². The number of esters is 1. The second-order valence-corrected chi connectivity index (χ2v) is 7.43. The number of aromatic nitrogens is 1. The van der Waals surface area contributed by atoms with Crippen LogP contribution in [-0.4, -0.2) is 48.6 Å². The van der Waals surface area contributed by atoms with E-state index in [1.165, 1.54) is 0 Å². The lowest BCUT2D eigenvalue weighted by molar-refractivity contribution is -0.136. The Bertz CT molecular complexity index is 586.